The van der Waals surface area contributed by atoms with Crippen molar-refractivity contribution in [3.63, 3.8) is 0 Å². The molecular formula is C46H62F3N7O13. The van der Waals surface area contributed by atoms with Gasteiger partial charge in [-0.05, 0) is 73.6 Å². The van der Waals surface area contributed by atoms with E-state index in [0.29, 0.717) is 31.2 Å². The molecule has 4 rings (SSSR count). The van der Waals surface area contributed by atoms with Crippen LogP contribution in [0.5, 0.6) is 5.75 Å². The summed E-state index contributed by atoms with van der Waals surface area (Å²) in [7, 11) is 0. The van der Waals surface area contributed by atoms with E-state index in [-0.39, 0.29) is 44.5 Å². The first-order valence-electron chi connectivity index (χ1n) is 22.5. The third-order valence-corrected chi connectivity index (χ3v) is 11.8. The van der Waals surface area contributed by atoms with E-state index >= 15 is 0 Å². The predicted molar refractivity (Wildman–Crippen MR) is 240 cm³/mol. The lowest BCUT2D eigenvalue weighted by molar-refractivity contribution is -0.192. The van der Waals surface area contributed by atoms with Crippen molar-refractivity contribution in [3.8, 4) is 5.75 Å². The van der Waals surface area contributed by atoms with E-state index in [1.54, 1.807) is 70.2 Å². The van der Waals surface area contributed by atoms with Gasteiger partial charge in [-0.15, -0.1) is 0 Å². The number of hydrogen-bond donors (Lipinski definition) is 9. The quantitative estimate of drug-likeness (QED) is 0.0861. The largest absolute Gasteiger partial charge is 0.508 e. The highest BCUT2D eigenvalue weighted by Crippen LogP contribution is 2.23. The van der Waals surface area contributed by atoms with E-state index in [2.05, 4.69) is 21.3 Å². The molecule has 0 unspecified atom stereocenters. The molecule has 0 radical (unpaired) electrons. The van der Waals surface area contributed by atoms with Crippen LogP contribution in [0, 0.1) is 11.8 Å². The van der Waals surface area contributed by atoms with E-state index in [9.17, 15) is 66.8 Å². The number of nitrogens with zero attached hydrogens (tertiary/aromatic N) is 2. The van der Waals surface area contributed by atoms with E-state index in [0.717, 1.165) is 5.56 Å². The van der Waals surface area contributed by atoms with Crippen molar-refractivity contribution in [1.82, 2.24) is 31.1 Å². The van der Waals surface area contributed by atoms with Crippen molar-refractivity contribution in [2.75, 3.05) is 13.1 Å². The number of rotatable bonds is 21. The standard InChI is InChI=1S/C44H61N7O11.C2HF3O2/c1-5-26(4)37(44(61)62)49-40(57)34-14-10-22-51(34)43(60)31(19-20-35(53)54)46-41(58)36(25(2)3)48-38(55)32(24-27-11-7-6-8-12-27)47-39(56)33-13-9-21-50(33)42(59)30(45)23-28-15-17-29(52)18-16-28;3-2(4,5)1(6)7/h6-8,11-12,15-18,25-26,30-34,36-37,52H,5,9-10,13-14,19-24,45H2,1-4H3,(H,46,58)(H,47,56)(H,48,55)(H,49,57)(H,53,54)(H,61,62);(H,6,7)/t26-,30-,31-,32-,33-,34-,36-,37-;/m0./s1. The van der Waals surface area contributed by atoms with Crippen LogP contribution >= 0.6 is 0 Å². The molecular weight excluding hydrogens is 916 g/mol. The van der Waals surface area contributed by atoms with Gasteiger partial charge >= 0.3 is 24.1 Å². The van der Waals surface area contributed by atoms with Gasteiger partial charge in [0, 0.05) is 25.9 Å². The Morgan fingerprint density at radius 3 is 1.71 bits per heavy atom. The Morgan fingerprint density at radius 1 is 0.696 bits per heavy atom. The number of benzene rings is 2. The molecule has 0 aromatic heterocycles. The summed E-state index contributed by atoms with van der Waals surface area (Å²) in [6.07, 6.45) is -3.80. The molecule has 2 fully saturated rings. The first kappa shape index (κ1) is 56.5. The average Bonchev–Trinajstić information content (AvgIpc) is 4.00. The summed E-state index contributed by atoms with van der Waals surface area (Å²) in [5.41, 5.74) is 7.71. The topological polar surface area (TPSA) is 315 Å². The van der Waals surface area contributed by atoms with Gasteiger partial charge in [0.05, 0.1) is 6.04 Å². The van der Waals surface area contributed by atoms with Crippen LogP contribution in [-0.4, -0.2) is 145 Å². The maximum atomic E-state index is 14.2. The van der Waals surface area contributed by atoms with Gasteiger partial charge in [-0.3, -0.25) is 33.6 Å². The number of carbonyl (C=O) groups is 9. The van der Waals surface area contributed by atoms with Crippen molar-refractivity contribution >= 4 is 53.4 Å². The molecule has 2 heterocycles. The Hall–Kier alpha value is -6.78. The molecule has 380 valence electrons. The zero-order valence-corrected chi connectivity index (χ0v) is 38.7. The van der Waals surface area contributed by atoms with Crippen molar-refractivity contribution < 1.29 is 76.7 Å². The number of nitrogens with one attached hydrogen (secondary N) is 4. The zero-order chi connectivity index (χ0) is 51.7. The molecule has 69 heavy (non-hydrogen) atoms. The highest BCUT2D eigenvalue weighted by atomic mass is 19.4. The van der Waals surface area contributed by atoms with Gasteiger partial charge in [0.15, 0.2) is 0 Å². The number of nitrogens with two attached hydrogens (primary N) is 1. The number of halogens is 3. The maximum Gasteiger partial charge on any atom is 0.490 e. The SMILES string of the molecule is CC[C@H](C)[C@H](NC(=O)[C@@H]1CCCN1C(=O)[C@H](CCC(=O)O)NC(=O)[C@@H](NC(=O)[C@H](Cc1ccccc1)NC(=O)[C@@H]1CCCN1C(=O)[C@@H](N)Cc1ccc(O)cc1)C(C)C)C(=O)O.O=C(O)C(F)(F)F. The molecule has 2 aliphatic rings. The summed E-state index contributed by atoms with van der Waals surface area (Å²) in [6.45, 7) is 7.16. The fraction of sp³-hybridized carbons (Fsp3) is 0.543. The molecule has 10 N–H and O–H groups in total. The smallest absolute Gasteiger partial charge is 0.490 e. The van der Waals surface area contributed by atoms with Crippen molar-refractivity contribution in [3.05, 3.63) is 65.7 Å². The normalized spacial score (nSPS) is 18.3. The molecule has 0 bridgehead atoms. The molecule has 6 amide bonds. The minimum absolute atomic E-state index is 0.0176. The lowest BCUT2D eigenvalue weighted by atomic mass is 9.98. The molecule has 0 spiro atoms. The third-order valence-electron chi connectivity index (χ3n) is 11.8. The van der Waals surface area contributed by atoms with Crippen LogP contribution < -0.4 is 27.0 Å². The van der Waals surface area contributed by atoms with E-state index < -0.39 is 120 Å². The second-order valence-corrected chi connectivity index (χ2v) is 17.3. The second-order valence-electron chi connectivity index (χ2n) is 17.3. The number of hydrogen-bond acceptors (Lipinski definition) is 11. The van der Waals surface area contributed by atoms with Crippen LogP contribution in [0.15, 0.2) is 54.6 Å². The number of aromatic hydroxyl groups is 1. The number of amides is 6. The lowest BCUT2D eigenvalue weighted by Crippen LogP contribution is -2.61. The fourth-order valence-corrected chi connectivity index (χ4v) is 7.83. The molecule has 0 aliphatic carbocycles. The minimum Gasteiger partial charge on any atom is -0.508 e. The van der Waals surface area contributed by atoms with Crippen LogP contribution in [0.1, 0.15) is 83.8 Å². The number of carbonyl (C=O) groups excluding carboxylic acids is 6. The van der Waals surface area contributed by atoms with Gasteiger partial charge in [0.25, 0.3) is 0 Å². The van der Waals surface area contributed by atoms with E-state index in [1.165, 1.54) is 21.9 Å². The Morgan fingerprint density at radius 2 is 1.22 bits per heavy atom. The molecule has 2 saturated heterocycles. The zero-order valence-electron chi connectivity index (χ0n) is 38.7. The van der Waals surface area contributed by atoms with E-state index in [4.69, 9.17) is 15.6 Å². The van der Waals surface area contributed by atoms with Gasteiger partial charge in [-0.25, -0.2) is 9.59 Å². The van der Waals surface area contributed by atoms with Gasteiger partial charge in [-0.2, -0.15) is 13.2 Å². The Kier molecular flexibility index (Phi) is 21.4. The Bertz CT molecular complexity index is 2130. The fourth-order valence-electron chi connectivity index (χ4n) is 7.83. The summed E-state index contributed by atoms with van der Waals surface area (Å²) in [5.74, 6) is -10.1. The second kappa shape index (κ2) is 26.1. The minimum atomic E-state index is -5.08. The highest BCUT2D eigenvalue weighted by Gasteiger charge is 2.42. The number of likely N-dealkylation sites (tertiary alicyclic amines) is 2. The molecule has 2 aliphatic heterocycles. The molecule has 2 aromatic carbocycles. The summed E-state index contributed by atoms with van der Waals surface area (Å²) in [6, 6.07) is 7.09. The number of alkyl halides is 3. The third kappa shape index (κ3) is 17.0. The summed E-state index contributed by atoms with van der Waals surface area (Å²) in [5, 5.41) is 46.7. The summed E-state index contributed by atoms with van der Waals surface area (Å²) < 4.78 is 31.7. The van der Waals surface area contributed by atoms with Gasteiger partial charge in [0.1, 0.15) is 42.0 Å². The Balaban J connectivity index is 0.00000167. The maximum absolute atomic E-state index is 14.2. The number of aliphatic carboxylic acids is 3. The highest BCUT2D eigenvalue weighted by molar-refractivity contribution is 5.97. The van der Waals surface area contributed by atoms with Crippen molar-refractivity contribution in [1.29, 1.82) is 0 Å². The Labute approximate surface area is 396 Å². The molecule has 8 atom stereocenters. The average molecular weight is 978 g/mol. The first-order chi connectivity index (χ1) is 32.4. The van der Waals surface area contributed by atoms with Crippen LogP contribution in [0.2, 0.25) is 0 Å². The monoisotopic (exact) mass is 977 g/mol. The molecule has 0 saturated carbocycles. The van der Waals surface area contributed by atoms with Crippen LogP contribution in [0.25, 0.3) is 0 Å². The van der Waals surface area contributed by atoms with Gasteiger partial charge in [0.2, 0.25) is 35.4 Å². The van der Waals surface area contributed by atoms with Crippen LogP contribution in [0.3, 0.4) is 0 Å². The molecule has 2 aromatic rings. The predicted octanol–water partition coefficient (Wildman–Crippen LogP) is 1.71. The van der Waals surface area contributed by atoms with Crippen molar-refractivity contribution in [2.24, 2.45) is 17.6 Å². The van der Waals surface area contributed by atoms with Gasteiger partial charge in [-0.1, -0.05) is 76.6 Å². The summed E-state index contributed by atoms with van der Waals surface area (Å²) in [4.78, 5) is 118. The number of carboxylic acids is 3. The number of phenols is 1. The first-order valence-corrected chi connectivity index (χ1v) is 22.5. The van der Waals surface area contributed by atoms with Gasteiger partial charge < -0.3 is 57.2 Å². The molecule has 20 nitrogen and oxygen atoms in total. The van der Waals surface area contributed by atoms with E-state index in [1.807, 2.05) is 0 Å². The summed E-state index contributed by atoms with van der Waals surface area (Å²) >= 11 is 0. The van der Waals surface area contributed by atoms with Crippen LogP contribution in [-0.2, 0) is 56.0 Å². The van der Waals surface area contributed by atoms with Crippen LogP contribution in [0.4, 0.5) is 13.2 Å². The number of phenolic OH excluding ortho intramolecular Hbond substituents is 1. The van der Waals surface area contributed by atoms with Crippen molar-refractivity contribution in [2.45, 2.75) is 134 Å². The number of carboxylic acid groups (broad SMARTS) is 3. The lowest BCUT2D eigenvalue weighted by Gasteiger charge is -2.32. The molecule has 23 heteroatoms.